The Labute approximate surface area is 197 Å². The van der Waals surface area contributed by atoms with Crippen LogP contribution in [0.15, 0.2) is 41.3 Å². The second-order valence-corrected chi connectivity index (χ2v) is 11.2. The number of piperidine rings is 1. The monoisotopic (exact) mass is 492 g/mol. The minimum absolute atomic E-state index is 0.162. The van der Waals surface area contributed by atoms with Gasteiger partial charge in [-0.2, -0.15) is 4.31 Å². The quantitative estimate of drug-likeness (QED) is 0.469. The third-order valence-corrected chi connectivity index (χ3v) is 9.01. The minimum Gasteiger partial charge on any atom is -0.339 e. The fourth-order valence-corrected chi connectivity index (χ4v) is 6.54. The molecule has 0 radical (unpaired) electrons. The maximum absolute atomic E-state index is 13.8. The van der Waals surface area contributed by atoms with E-state index in [1.165, 1.54) is 4.31 Å². The Morgan fingerprint density at radius 2 is 1.65 bits per heavy atom. The molecule has 2 fully saturated rings. The van der Waals surface area contributed by atoms with Gasteiger partial charge in [0.1, 0.15) is 0 Å². The van der Waals surface area contributed by atoms with Gasteiger partial charge >= 0.3 is 0 Å². The van der Waals surface area contributed by atoms with Gasteiger partial charge < -0.3 is 4.90 Å². The zero-order chi connectivity index (χ0) is 24.7. The summed E-state index contributed by atoms with van der Waals surface area (Å²) >= 11 is 0. The lowest BCUT2D eigenvalue weighted by Crippen LogP contribution is -2.44. The fourth-order valence-electron chi connectivity index (χ4n) is 4.79. The molecule has 0 aromatic heterocycles. The van der Waals surface area contributed by atoms with Crippen LogP contribution in [0.3, 0.4) is 0 Å². The highest BCUT2D eigenvalue weighted by Crippen LogP contribution is 2.41. The molecule has 4 rings (SSSR count). The molecule has 2 aliphatic heterocycles. The van der Waals surface area contributed by atoms with Crippen LogP contribution in [0.4, 0.5) is 13.2 Å². The molecule has 0 N–H and O–H groups in total. The Kier molecular flexibility index (Phi) is 6.61. The van der Waals surface area contributed by atoms with Gasteiger partial charge in [0, 0.05) is 37.8 Å². The molecule has 2 aromatic rings. The van der Waals surface area contributed by atoms with Crippen LogP contribution in [0.1, 0.15) is 36.0 Å². The van der Waals surface area contributed by atoms with E-state index in [-0.39, 0.29) is 16.9 Å². The van der Waals surface area contributed by atoms with Crippen LogP contribution in [-0.4, -0.2) is 49.7 Å². The van der Waals surface area contributed by atoms with E-state index < -0.39 is 27.5 Å². The number of halogens is 3. The van der Waals surface area contributed by atoms with Crippen molar-refractivity contribution in [2.75, 3.05) is 26.2 Å². The number of rotatable bonds is 4. The summed E-state index contributed by atoms with van der Waals surface area (Å²) in [4.78, 5) is 14.6. The summed E-state index contributed by atoms with van der Waals surface area (Å²) in [7, 11) is -3.59. The van der Waals surface area contributed by atoms with Gasteiger partial charge in [0.05, 0.1) is 4.90 Å². The van der Waals surface area contributed by atoms with E-state index in [0.717, 1.165) is 36.3 Å². The highest BCUT2D eigenvalue weighted by Gasteiger charge is 2.44. The summed E-state index contributed by atoms with van der Waals surface area (Å²) in [6.07, 6.45) is 4.34. The van der Waals surface area contributed by atoms with Crippen molar-refractivity contribution < 1.29 is 26.4 Å². The summed E-state index contributed by atoms with van der Waals surface area (Å²) in [5.74, 6) is -4.53. The van der Waals surface area contributed by atoms with Crippen molar-refractivity contribution in [3.05, 3.63) is 70.5 Å². The molecule has 34 heavy (non-hydrogen) atoms. The second kappa shape index (κ2) is 9.19. The Balaban J connectivity index is 1.40. The number of likely N-dealkylation sites (tertiary alicyclic amines) is 1. The first-order chi connectivity index (χ1) is 16.0. The predicted octanol–water partition coefficient (Wildman–Crippen LogP) is 4.44. The third kappa shape index (κ3) is 4.63. The molecule has 2 saturated heterocycles. The maximum atomic E-state index is 13.8. The van der Waals surface area contributed by atoms with Crippen LogP contribution in [0.5, 0.6) is 0 Å². The molecule has 182 valence electrons. The molecule has 0 saturated carbocycles. The van der Waals surface area contributed by atoms with Crippen molar-refractivity contribution in [2.45, 2.75) is 38.0 Å². The first-order valence-electron chi connectivity index (χ1n) is 11.2. The molecule has 0 bridgehead atoms. The fraction of sp³-hybridized carbons (Fsp3) is 0.400. The van der Waals surface area contributed by atoms with Gasteiger partial charge in [0.15, 0.2) is 17.5 Å². The average molecular weight is 493 g/mol. The predicted molar refractivity (Wildman–Crippen MR) is 123 cm³/mol. The molecule has 0 unspecified atom stereocenters. The number of carbonyl (C=O) groups is 1. The molecule has 0 atom stereocenters. The van der Waals surface area contributed by atoms with Gasteiger partial charge in [0.25, 0.3) is 0 Å². The van der Waals surface area contributed by atoms with Crippen molar-refractivity contribution in [2.24, 2.45) is 5.41 Å². The SMILES string of the molecule is Cc1ccc(C)c(S(=O)(=O)N2CCC3(CCN(C(=O)C=Cc4ccc(F)c(F)c4F)C3)CC2)c1. The number of nitrogens with zero attached hydrogens (tertiary/aromatic N) is 2. The van der Waals surface area contributed by atoms with Gasteiger partial charge in [-0.15, -0.1) is 0 Å². The van der Waals surface area contributed by atoms with Crippen LogP contribution >= 0.6 is 0 Å². The average Bonchev–Trinajstić information content (AvgIpc) is 3.22. The number of benzene rings is 2. The van der Waals surface area contributed by atoms with Gasteiger partial charge in [-0.05, 0) is 73.9 Å². The zero-order valence-corrected chi connectivity index (χ0v) is 20.0. The molecule has 5 nitrogen and oxygen atoms in total. The Bertz CT molecular complexity index is 1250. The van der Waals surface area contributed by atoms with Crippen molar-refractivity contribution in [1.82, 2.24) is 9.21 Å². The van der Waals surface area contributed by atoms with Crippen LogP contribution < -0.4 is 0 Å². The normalized spacial score (nSPS) is 18.8. The molecule has 1 spiro atoms. The van der Waals surface area contributed by atoms with Gasteiger partial charge in [-0.3, -0.25) is 4.79 Å². The second-order valence-electron chi connectivity index (χ2n) is 9.28. The van der Waals surface area contributed by atoms with Gasteiger partial charge in [0.2, 0.25) is 15.9 Å². The smallest absolute Gasteiger partial charge is 0.246 e. The molecule has 2 aliphatic rings. The molecule has 9 heteroatoms. The first-order valence-corrected chi connectivity index (χ1v) is 12.6. The van der Waals surface area contributed by atoms with Crippen LogP contribution in [-0.2, 0) is 14.8 Å². The Hall–Kier alpha value is -2.65. The molecular weight excluding hydrogens is 465 g/mol. The van der Waals surface area contributed by atoms with Crippen molar-refractivity contribution in [3.63, 3.8) is 0 Å². The Morgan fingerprint density at radius 3 is 2.35 bits per heavy atom. The first kappa shape index (κ1) is 24.5. The van der Waals surface area contributed by atoms with Crippen molar-refractivity contribution in [1.29, 1.82) is 0 Å². The third-order valence-electron chi connectivity index (χ3n) is 6.97. The van der Waals surface area contributed by atoms with E-state index in [1.54, 1.807) is 17.9 Å². The maximum Gasteiger partial charge on any atom is 0.246 e. The van der Waals surface area contributed by atoms with E-state index >= 15 is 0 Å². The topological polar surface area (TPSA) is 57.7 Å². The number of amides is 1. The van der Waals surface area contributed by atoms with Crippen molar-refractivity contribution in [3.8, 4) is 0 Å². The van der Waals surface area contributed by atoms with Crippen LogP contribution in [0.2, 0.25) is 0 Å². The van der Waals surface area contributed by atoms with E-state index in [0.29, 0.717) is 49.5 Å². The standard InChI is InChI=1S/C25H27F3N2O3S/c1-17-3-4-18(2)21(15-17)34(32,33)30-13-10-25(11-14-30)9-12-29(16-25)22(31)8-6-19-5-7-20(26)24(28)23(19)27/h3-8,15H,9-14,16H2,1-2H3. The summed E-state index contributed by atoms with van der Waals surface area (Å²) in [6.45, 7) is 5.41. The van der Waals surface area contributed by atoms with Crippen LogP contribution in [0.25, 0.3) is 6.08 Å². The van der Waals surface area contributed by atoms with E-state index in [2.05, 4.69) is 0 Å². The summed E-state index contributed by atoms with van der Waals surface area (Å²) < 4.78 is 68.2. The number of aryl methyl sites for hydroxylation is 2. The number of carbonyl (C=O) groups excluding carboxylic acids is 1. The summed E-state index contributed by atoms with van der Waals surface area (Å²) in [5, 5.41) is 0. The van der Waals surface area contributed by atoms with Gasteiger partial charge in [-0.1, -0.05) is 12.1 Å². The van der Waals surface area contributed by atoms with E-state index in [9.17, 15) is 26.4 Å². The molecule has 0 aliphatic carbocycles. The summed E-state index contributed by atoms with van der Waals surface area (Å²) in [5.41, 5.74) is 1.24. The highest BCUT2D eigenvalue weighted by atomic mass is 32.2. The summed E-state index contributed by atoms with van der Waals surface area (Å²) in [6, 6.07) is 7.29. The van der Waals surface area contributed by atoms with Crippen LogP contribution in [0, 0.1) is 36.7 Å². The zero-order valence-electron chi connectivity index (χ0n) is 19.2. The lowest BCUT2D eigenvalue weighted by molar-refractivity contribution is -0.125. The number of hydrogen-bond donors (Lipinski definition) is 0. The molecular formula is C25H27F3N2O3S. The van der Waals surface area contributed by atoms with E-state index in [4.69, 9.17) is 0 Å². The van der Waals surface area contributed by atoms with E-state index in [1.807, 2.05) is 19.1 Å². The lowest BCUT2D eigenvalue weighted by Gasteiger charge is -2.38. The highest BCUT2D eigenvalue weighted by molar-refractivity contribution is 7.89. The Morgan fingerprint density at radius 1 is 0.971 bits per heavy atom. The molecule has 2 heterocycles. The molecule has 1 amide bonds. The number of sulfonamides is 1. The minimum atomic E-state index is -3.59. The van der Waals surface area contributed by atoms with Gasteiger partial charge in [-0.25, -0.2) is 21.6 Å². The molecule has 2 aromatic carbocycles. The lowest BCUT2D eigenvalue weighted by atomic mass is 9.78. The number of hydrogen-bond acceptors (Lipinski definition) is 3. The largest absolute Gasteiger partial charge is 0.339 e. The van der Waals surface area contributed by atoms with Crippen molar-refractivity contribution >= 4 is 22.0 Å².